The molecular weight excluding hydrogens is 218 g/mol. The van der Waals surface area contributed by atoms with Gasteiger partial charge in [0.05, 0.1) is 12.1 Å². The lowest BCUT2D eigenvalue weighted by molar-refractivity contribution is -0.120. The lowest BCUT2D eigenvalue weighted by Crippen LogP contribution is -2.25. The molecule has 1 atom stereocenters. The minimum absolute atomic E-state index is 0.152. The number of benzene rings is 1. The van der Waals surface area contributed by atoms with E-state index < -0.39 is 0 Å². The Morgan fingerprint density at radius 2 is 2.24 bits per heavy atom. The molecule has 0 radical (unpaired) electrons. The van der Waals surface area contributed by atoms with Gasteiger partial charge in [-0.25, -0.2) is 0 Å². The van der Waals surface area contributed by atoms with Gasteiger partial charge in [0.2, 0.25) is 5.91 Å². The highest BCUT2D eigenvalue weighted by molar-refractivity contribution is 5.78. The Labute approximate surface area is 98.5 Å². The third kappa shape index (κ3) is 3.86. The minimum atomic E-state index is -0.306. The van der Waals surface area contributed by atoms with Crippen molar-refractivity contribution in [2.45, 2.75) is 19.4 Å². The lowest BCUT2D eigenvalue weighted by Gasteiger charge is -2.13. The summed E-state index contributed by atoms with van der Waals surface area (Å²) in [6.07, 6.45) is -0.152. The smallest absolute Gasteiger partial charge is 0.234 e. The molecule has 0 fully saturated rings. The van der Waals surface area contributed by atoms with E-state index in [9.17, 15) is 4.79 Å². The zero-order chi connectivity index (χ0) is 12.7. The Kier molecular flexibility index (Phi) is 4.55. The van der Waals surface area contributed by atoms with E-state index in [0.29, 0.717) is 5.69 Å². The van der Waals surface area contributed by atoms with Crippen LogP contribution >= 0.6 is 0 Å². The van der Waals surface area contributed by atoms with Crippen molar-refractivity contribution < 1.29 is 4.79 Å². The number of carbonyl (C=O) groups excluding carboxylic acids is 1. The van der Waals surface area contributed by atoms with Gasteiger partial charge in [0.25, 0.3) is 0 Å². The molecule has 0 spiro atoms. The van der Waals surface area contributed by atoms with Gasteiger partial charge in [-0.1, -0.05) is 29.4 Å². The fraction of sp³-hybridized carbons (Fsp3) is 0.273. The van der Waals surface area contributed by atoms with Gasteiger partial charge in [0.1, 0.15) is 6.42 Å². The third-order valence-electron chi connectivity index (χ3n) is 2.17. The van der Waals surface area contributed by atoms with Gasteiger partial charge >= 0.3 is 0 Å². The second kappa shape index (κ2) is 6.16. The summed E-state index contributed by atoms with van der Waals surface area (Å²) in [4.78, 5) is 13.9. The van der Waals surface area contributed by atoms with Crippen molar-refractivity contribution in [3.63, 3.8) is 0 Å². The number of amides is 1. The largest absolute Gasteiger partial charge is 0.349 e. The molecule has 1 N–H and O–H groups in total. The molecule has 0 aromatic heterocycles. The summed E-state index contributed by atoms with van der Waals surface area (Å²) in [7, 11) is 0. The van der Waals surface area contributed by atoms with E-state index in [1.54, 1.807) is 30.3 Å². The van der Waals surface area contributed by atoms with Gasteiger partial charge in [-0.2, -0.15) is 5.26 Å². The van der Waals surface area contributed by atoms with E-state index in [1.807, 2.05) is 6.92 Å². The van der Waals surface area contributed by atoms with Crippen molar-refractivity contribution in [2.24, 2.45) is 5.11 Å². The maximum absolute atomic E-state index is 11.2. The van der Waals surface area contributed by atoms with Gasteiger partial charge in [-0.15, -0.1) is 0 Å². The summed E-state index contributed by atoms with van der Waals surface area (Å²) in [5.41, 5.74) is 9.65. The minimum Gasteiger partial charge on any atom is -0.349 e. The van der Waals surface area contributed by atoms with Crippen molar-refractivity contribution in [3.8, 4) is 6.07 Å². The molecule has 17 heavy (non-hydrogen) atoms. The first-order valence-electron chi connectivity index (χ1n) is 4.98. The summed E-state index contributed by atoms with van der Waals surface area (Å²) < 4.78 is 0. The molecule has 86 valence electrons. The molecule has 0 saturated carbocycles. The first-order valence-corrected chi connectivity index (χ1v) is 4.98. The van der Waals surface area contributed by atoms with Crippen LogP contribution in [0.25, 0.3) is 10.4 Å². The number of nitrogens with zero attached hydrogens (tertiary/aromatic N) is 4. The summed E-state index contributed by atoms with van der Waals surface area (Å²) in [5, 5.41) is 14.5. The highest BCUT2D eigenvalue weighted by Gasteiger charge is 2.08. The van der Waals surface area contributed by atoms with Crippen LogP contribution in [0, 0.1) is 11.3 Å². The molecule has 0 saturated heterocycles. The van der Waals surface area contributed by atoms with Gasteiger partial charge in [-0.05, 0) is 18.0 Å². The van der Waals surface area contributed by atoms with Gasteiger partial charge in [0.15, 0.2) is 0 Å². The molecule has 0 heterocycles. The van der Waals surface area contributed by atoms with E-state index in [1.165, 1.54) is 0 Å². The van der Waals surface area contributed by atoms with Gasteiger partial charge in [0, 0.05) is 10.6 Å². The van der Waals surface area contributed by atoms with E-state index >= 15 is 0 Å². The molecule has 0 aliphatic carbocycles. The average molecular weight is 229 g/mol. The van der Waals surface area contributed by atoms with Crippen molar-refractivity contribution in [1.82, 2.24) is 5.32 Å². The summed E-state index contributed by atoms with van der Waals surface area (Å²) in [6.45, 7) is 1.82. The van der Waals surface area contributed by atoms with E-state index in [4.69, 9.17) is 10.8 Å². The second-order valence-electron chi connectivity index (χ2n) is 3.41. The van der Waals surface area contributed by atoms with Crippen LogP contribution in [0.4, 0.5) is 5.69 Å². The summed E-state index contributed by atoms with van der Waals surface area (Å²) in [6, 6.07) is 8.47. The quantitative estimate of drug-likeness (QED) is 0.487. The van der Waals surface area contributed by atoms with Crippen LogP contribution in [-0.2, 0) is 4.79 Å². The fourth-order valence-electron chi connectivity index (χ4n) is 1.33. The molecule has 0 aliphatic rings. The summed E-state index contributed by atoms with van der Waals surface area (Å²) in [5.74, 6) is -0.306. The number of rotatable bonds is 4. The van der Waals surface area contributed by atoms with E-state index in [0.717, 1.165) is 5.56 Å². The van der Waals surface area contributed by atoms with Crippen molar-refractivity contribution in [3.05, 3.63) is 40.3 Å². The van der Waals surface area contributed by atoms with Crippen LogP contribution in [0.5, 0.6) is 0 Å². The lowest BCUT2D eigenvalue weighted by atomic mass is 10.1. The highest BCUT2D eigenvalue weighted by atomic mass is 16.1. The highest BCUT2D eigenvalue weighted by Crippen LogP contribution is 2.18. The maximum Gasteiger partial charge on any atom is 0.234 e. The number of nitrogens with one attached hydrogen (secondary N) is 1. The normalized spacial score (nSPS) is 10.8. The molecular formula is C11H11N5O. The molecule has 0 bridgehead atoms. The van der Waals surface area contributed by atoms with E-state index in [2.05, 4.69) is 15.3 Å². The Hall–Kier alpha value is -2.51. The second-order valence-corrected chi connectivity index (χ2v) is 3.41. The number of nitriles is 1. The molecule has 0 aliphatic heterocycles. The number of carbonyl (C=O) groups is 1. The SMILES string of the molecule is C[C@H](NC(=O)CC#N)c1ccc(N=[N+]=[N-])cc1. The maximum atomic E-state index is 11.2. The van der Waals surface area contributed by atoms with E-state index in [-0.39, 0.29) is 18.4 Å². The summed E-state index contributed by atoms with van der Waals surface area (Å²) >= 11 is 0. The number of hydrogen-bond acceptors (Lipinski definition) is 3. The molecule has 6 nitrogen and oxygen atoms in total. The standard InChI is InChI=1S/C11H11N5O/c1-8(14-11(17)6-7-12)9-2-4-10(5-3-9)15-16-13/h2-5,8H,6H2,1H3,(H,14,17)/t8-/m0/s1. The number of hydrogen-bond donors (Lipinski definition) is 1. The molecule has 0 unspecified atom stereocenters. The first-order chi connectivity index (χ1) is 8.17. The number of azide groups is 1. The first kappa shape index (κ1) is 12.6. The Bertz CT molecular complexity index is 482. The van der Waals surface area contributed by atoms with Crippen LogP contribution in [0.3, 0.4) is 0 Å². The Morgan fingerprint density at radius 3 is 2.76 bits per heavy atom. The Morgan fingerprint density at radius 1 is 1.59 bits per heavy atom. The van der Waals surface area contributed by atoms with Crippen LogP contribution in [-0.4, -0.2) is 5.91 Å². The van der Waals surface area contributed by atoms with Crippen molar-refractivity contribution in [2.75, 3.05) is 0 Å². The zero-order valence-electron chi connectivity index (χ0n) is 9.29. The van der Waals surface area contributed by atoms with Crippen molar-refractivity contribution in [1.29, 1.82) is 5.26 Å². The molecule has 6 heteroatoms. The van der Waals surface area contributed by atoms with Crippen LogP contribution in [0.2, 0.25) is 0 Å². The molecule has 1 aromatic rings. The molecule has 1 amide bonds. The zero-order valence-corrected chi connectivity index (χ0v) is 9.29. The van der Waals surface area contributed by atoms with Crippen LogP contribution in [0.15, 0.2) is 29.4 Å². The topological polar surface area (TPSA) is 102 Å². The van der Waals surface area contributed by atoms with Crippen molar-refractivity contribution >= 4 is 11.6 Å². The van der Waals surface area contributed by atoms with Crippen LogP contribution < -0.4 is 5.32 Å². The van der Waals surface area contributed by atoms with Crippen LogP contribution in [0.1, 0.15) is 24.9 Å². The average Bonchev–Trinajstić information content (AvgIpc) is 2.30. The fourth-order valence-corrected chi connectivity index (χ4v) is 1.33. The predicted octanol–water partition coefficient (Wildman–Crippen LogP) is 2.72. The predicted molar refractivity (Wildman–Crippen MR) is 62.0 cm³/mol. The monoisotopic (exact) mass is 229 g/mol. The molecule has 1 rings (SSSR count). The van der Waals surface area contributed by atoms with Gasteiger partial charge < -0.3 is 5.32 Å². The Balaban J connectivity index is 2.70. The van der Waals surface area contributed by atoms with Gasteiger partial charge in [-0.3, -0.25) is 4.79 Å². The third-order valence-corrected chi connectivity index (χ3v) is 2.17. The molecule has 1 aromatic carbocycles.